The van der Waals surface area contributed by atoms with Crippen LogP contribution in [0.1, 0.15) is 30.9 Å². The SMILES string of the molecule is O=C(O)CC/C=C/C[C@@H]1CO[C@H](C(F)(F)F)O[C@@H]1c1ccccc1O. The summed E-state index contributed by atoms with van der Waals surface area (Å²) < 4.78 is 48.6. The van der Waals surface area contributed by atoms with Crippen molar-refractivity contribution in [1.29, 1.82) is 0 Å². The summed E-state index contributed by atoms with van der Waals surface area (Å²) in [5, 5.41) is 18.5. The van der Waals surface area contributed by atoms with Crippen molar-refractivity contribution >= 4 is 5.97 Å². The topological polar surface area (TPSA) is 76.0 Å². The van der Waals surface area contributed by atoms with Crippen LogP contribution in [0, 0.1) is 5.92 Å². The van der Waals surface area contributed by atoms with Gasteiger partial charge in [0.2, 0.25) is 0 Å². The lowest BCUT2D eigenvalue weighted by Crippen LogP contribution is -2.43. The molecule has 0 aromatic heterocycles. The standard InChI is InChI=1S/C17H19F3O5/c18-17(19,20)16-24-10-11(6-2-1-3-9-14(22)23)15(25-16)12-7-4-5-8-13(12)21/h1-2,4-5,7-8,11,15-16,21H,3,6,9-10H2,(H,22,23)/b2-1+/t11-,15+,16+/m1/s1. The lowest BCUT2D eigenvalue weighted by molar-refractivity contribution is -0.353. The number of phenolic OH excluding ortho intramolecular Hbond substituents is 1. The van der Waals surface area contributed by atoms with Gasteiger partial charge in [-0.25, -0.2) is 0 Å². The average Bonchev–Trinajstić information content (AvgIpc) is 2.54. The van der Waals surface area contributed by atoms with E-state index in [0.29, 0.717) is 12.8 Å². The lowest BCUT2D eigenvalue weighted by atomic mass is 9.91. The van der Waals surface area contributed by atoms with E-state index in [1.54, 1.807) is 24.3 Å². The molecule has 5 nitrogen and oxygen atoms in total. The number of carboxylic acids is 1. The number of ether oxygens (including phenoxy) is 2. The number of allylic oxidation sites excluding steroid dienone is 2. The van der Waals surface area contributed by atoms with Gasteiger partial charge in [-0.1, -0.05) is 30.4 Å². The number of hydrogen-bond acceptors (Lipinski definition) is 4. The number of para-hydroxylation sites is 1. The first-order chi connectivity index (χ1) is 11.8. The van der Waals surface area contributed by atoms with E-state index in [1.165, 1.54) is 12.1 Å². The van der Waals surface area contributed by atoms with Crippen molar-refractivity contribution < 1.29 is 37.7 Å². The number of aromatic hydroxyl groups is 1. The van der Waals surface area contributed by atoms with E-state index in [1.807, 2.05) is 0 Å². The fourth-order valence-corrected chi connectivity index (χ4v) is 2.60. The lowest BCUT2D eigenvalue weighted by Gasteiger charge is -2.37. The summed E-state index contributed by atoms with van der Waals surface area (Å²) in [4.78, 5) is 10.5. The summed E-state index contributed by atoms with van der Waals surface area (Å²) in [7, 11) is 0. The Kier molecular flexibility index (Phi) is 6.44. The van der Waals surface area contributed by atoms with E-state index in [4.69, 9.17) is 14.6 Å². The highest BCUT2D eigenvalue weighted by atomic mass is 19.4. The zero-order chi connectivity index (χ0) is 18.4. The molecule has 8 heteroatoms. The monoisotopic (exact) mass is 360 g/mol. The van der Waals surface area contributed by atoms with E-state index in [2.05, 4.69) is 0 Å². The molecule has 1 heterocycles. The summed E-state index contributed by atoms with van der Waals surface area (Å²) in [5.74, 6) is -1.50. The summed E-state index contributed by atoms with van der Waals surface area (Å²) >= 11 is 0. The molecule has 1 aromatic rings. The van der Waals surface area contributed by atoms with Crippen LogP contribution in [0.2, 0.25) is 0 Å². The third kappa shape index (κ3) is 5.47. The largest absolute Gasteiger partial charge is 0.508 e. The summed E-state index contributed by atoms with van der Waals surface area (Å²) in [6.07, 6.45) is -3.99. The van der Waals surface area contributed by atoms with Crippen LogP contribution in [0.15, 0.2) is 36.4 Å². The maximum atomic E-state index is 12.9. The van der Waals surface area contributed by atoms with Crippen LogP contribution in [0.3, 0.4) is 0 Å². The van der Waals surface area contributed by atoms with Gasteiger partial charge in [0, 0.05) is 17.9 Å². The number of alkyl halides is 3. The van der Waals surface area contributed by atoms with Crippen LogP contribution in [-0.4, -0.2) is 35.3 Å². The molecule has 1 fully saturated rings. The second-order valence-electron chi connectivity index (χ2n) is 5.72. The van der Waals surface area contributed by atoms with Crippen LogP contribution in [0.4, 0.5) is 13.2 Å². The van der Waals surface area contributed by atoms with E-state index < -0.39 is 30.5 Å². The first-order valence-corrected chi connectivity index (χ1v) is 7.77. The number of halogens is 3. The summed E-state index contributed by atoms with van der Waals surface area (Å²) in [5.41, 5.74) is 0.268. The molecule has 3 atom stereocenters. The van der Waals surface area contributed by atoms with Gasteiger partial charge in [-0.3, -0.25) is 4.79 Å². The van der Waals surface area contributed by atoms with E-state index in [9.17, 15) is 23.1 Å². The van der Waals surface area contributed by atoms with Crippen molar-refractivity contribution in [3.05, 3.63) is 42.0 Å². The Morgan fingerprint density at radius 3 is 2.64 bits per heavy atom. The minimum Gasteiger partial charge on any atom is -0.508 e. The number of benzene rings is 1. The van der Waals surface area contributed by atoms with Crippen LogP contribution >= 0.6 is 0 Å². The molecule has 0 unspecified atom stereocenters. The molecule has 0 bridgehead atoms. The second kappa shape index (κ2) is 8.35. The second-order valence-corrected chi connectivity index (χ2v) is 5.72. The van der Waals surface area contributed by atoms with E-state index >= 15 is 0 Å². The Hall–Kier alpha value is -2.06. The van der Waals surface area contributed by atoms with Crippen LogP contribution in [-0.2, 0) is 14.3 Å². The zero-order valence-electron chi connectivity index (χ0n) is 13.3. The van der Waals surface area contributed by atoms with Crippen molar-refractivity contribution in [3.63, 3.8) is 0 Å². The van der Waals surface area contributed by atoms with Crippen molar-refractivity contribution in [2.75, 3.05) is 6.61 Å². The van der Waals surface area contributed by atoms with E-state index in [-0.39, 0.29) is 24.3 Å². The van der Waals surface area contributed by atoms with Crippen LogP contribution in [0.5, 0.6) is 5.75 Å². The molecule has 25 heavy (non-hydrogen) atoms. The van der Waals surface area contributed by atoms with Crippen LogP contribution in [0.25, 0.3) is 0 Å². The van der Waals surface area contributed by atoms with Crippen molar-refractivity contribution in [2.45, 2.75) is 37.8 Å². The molecule has 1 aliphatic rings. The third-order valence-corrected chi connectivity index (χ3v) is 3.80. The Morgan fingerprint density at radius 2 is 2.00 bits per heavy atom. The maximum absolute atomic E-state index is 12.9. The van der Waals surface area contributed by atoms with Gasteiger partial charge < -0.3 is 19.7 Å². The number of phenols is 1. The minimum absolute atomic E-state index is 0.0206. The minimum atomic E-state index is -4.66. The Labute approximate surface area is 142 Å². The number of hydrogen-bond donors (Lipinski definition) is 2. The molecule has 0 amide bonds. The molecule has 0 aliphatic carbocycles. The Bertz CT molecular complexity index is 615. The highest BCUT2D eigenvalue weighted by Gasteiger charge is 2.48. The van der Waals surface area contributed by atoms with Gasteiger partial charge in [0.25, 0.3) is 6.29 Å². The highest BCUT2D eigenvalue weighted by molar-refractivity contribution is 5.66. The van der Waals surface area contributed by atoms with Crippen LogP contribution < -0.4 is 0 Å². The molecule has 1 saturated heterocycles. The van der Waals surface area contributed by atoms with Gasteiger partial charge in [-0.2, -0.15) is 13.2 Å². The van der Waals surface area contributed by atoms with E-state index in [0.717, 1.165) is 0 Å². The predicted molar refractivity (Wildman–Crippen MR) is 81.8 cm³/mol. The molecule has 0 saturated carbocycles. The number of carboxylic acid groups (broad SMARTS) is 1. The Morgan fingerprint density at radius 1 is 1.28 bits per heavy atom. The molecule has 138 valence electrons. The number of carbonyl (C=O) groups is 1. The number of aliphatic carboxylic acids is 1. The first kappa shape index (κ1) is 19.3. The normalized spacial score (nSPS) is 24.5. The predicted octanol–water partition coefficient (Wildman–Crippen LogP) is 3.80. The van der Waals surface area contributed by atoms with Crippen molar-refractivity contribution in [2.24, 2.45) is 5.92 Å². The fraction of sp³-hybridized carbons (Fsp3) is 0.471. The highest BCUT2D eigenvalue weighted by Crippen LogP contribution is 2.41. The quantitative estimate of drug-likeness (QED) is 0.755. The van der Waals surface area contributed by atoms with Gasteiger partial charge in [-0.15, -0.1) is 0 Å². The molecule has 0 radical (unpaired) electrons. The van der Waals surface area contributed by atoms with Crippen molar-refractivity contribution in [1.82, 2.24) is 0 Å². The molecule has 2 rings (SSSR count). The smallest absolute Gasteiger partial charge is 0.440 e. The molecular formula is C17H19F3O5. The molecule has 2 N–H and O–H groups in total. The molecule has 1 aliphatic heterocycles. The van der Waals surface area contributed by atoms with Crippen molar-refractivity contribution in [3.8, 4) is 5.75 Å². The number of rotatable bonds is 6. The maximum Gasteiger partial charge on any atom is 0.440 e. The summed E-state index contributed by atoms with van der Waals surface area (Å²) in [6, 6.07) is 6.08. The average molecular weight is 360 g/mol. The zero-order valence-corrected chi connectivity index (χ0v) is 13.3. The Balaban J connectivity index is 2.11. The van der Waals surface area contributed by atoms with Gasteiger partial charge >= 0.3 is 12.1 Å². The fourth-order valence-electron chi connectivity index (χ4n) is 2.60. The van der Waals surface area contributed by atoms with Gasteiger partial charge in [0.05, 0.1) is 12.7 Å². The third-order valence-electron chi connectivity index (χ3n) is 3.80. The van der Waals surface area contributed by atoms with Gasteiger partial charge in [0.15, 0.2) is 0 Å². The molecule has 0 spiro atoms. The van der Waals surface area contributed by atoms with Gasteiger partial charge in [-0.05, 0) is 18.9 Å². The molecule has 1 aromatic carbocycles. The first-order valence-electron chi connectivity index (χ1n) is 7.77. The van der Waals surface area contributed by atoms with Gasteiger partial charge in [0.1, 0.15) is 5.75 Å². The summed E-state index contributed by atoms with van der Waals surface area (Å²) in [6.45, 7) is -0.188. The molecular weight excluding hydrogens is 341 g/mol.